The zero-order valence-corrected chi connectivity index (χ0v) is 8.61. The van der Waals surface area contributed by atoms with Crippen molar-refractivity contribution < 1.29 is 14.4 Å². The van der Waals surface area contributed by atoms with Gasteiger partial charge < -0.3 is 5.53 Å². The molecule has 0 spiro atoms. The Bertz CT molecular complexity index is 321. The van der Waals surface area contributed by atoms with Crippen molar-refractivity contribution in [2.45, 2.75) is 32.1 Å². The molecule has 0 saturated heterocycles. The standard InChI is InChI=1S/C11H14N2O2/c1-2-3-4-5-6-10(14)7-8-11(15)9-13-12/h3,9H,1,4-8H2. The molecule has 0 N–H and O–H groups in total. The van der Waals surface area contributed by atoms with Crippen LogP contribution in [0.3, 0.4) is 0 Å². The number of rotatable bonds is 8. The molecule has 0 aliphatic rings. The Hall–Kier alpha value is -1.76. The molecule has 0 rings (SSSR count). The van der Waals surface area contributed by atoms with Crippen LogP contribution in [0.5, 0.6) is 0 Å². The van der Waals surface area contributed by atoms with E-state index in [0.717, 1.165) is 19.1 Å². The predicted molar refractivity (Wildman–Crippen MR) is 56.5 cm³/mol. The third kappa shape index (κ3) is 8.57. The summed E-state index contributed by atoms with van der Waals surface area (Å²) in [6.07, 6.45) is 4.90. The van der Waals surface area contributed by atoms with Gasteiger partial charge in [0.15, 0.2) is 0 Å². The van der Waals surface area contributed by atoms with E-state index in [-0.39, 0.29) is 24.4 Å². The van der Waals surface area contributed by atoms with Crippen LogP contribution in [-0.4, -0.2) is 22.6 Å². The summed E-state index contributed by atoms with van der Waals surface area (Å²) in [6.45, 7) is 3.41. The Morgan fingerprint density at radius 1 is 1.33 bits per heavy atom. The summed E-state index contributed by atoms with van der Waals surface area (Å²) < 4.78 is 0. The number of Topliss-reactive ketones (excluding diaryl/α,β-unsaturated/α-hetero) is 2. The van der Waals surface area contributed by atoms with Gasteiger partial charge in [-0.3, -0.25) is 9.59 Å². The topological polar surface area (TPSA) is 70.5 Å². The predicted octanol–water partition coefficient (Wildman–Crippen LogP) is 1.72. The minimum Gasteiger partial charge on any atom is -0.361 e. The van der Waals surface area contributed by atoms with Gasteiger partial charge in [0.05, 0.1) is 0 Å². The molecule has 4 nitrogen and oxygen atoms in total. The van der Waals surface area contributed by atoms with Crippen molar-refractivity contribution >= 4 is 17.8 Å². The van der Waals surface area contributed by atoms with Crippen LogP contribution in [0.25, 0.3) is 5.53 Å². The molecule has 0 radical (unpaired) electrons. The fourth-order valence-corrected chi connectivity index (χ4v) is 1.02. The Morgan fingerprint density at radius 2 is 2.07 bits per heavy atom. The minimum absolute atomic E-state index is 0.0483. The highest BCUT2D eigenvalue weighted by Gasteiger charge is 2.07. The SMILES string of the molecule is C=C=CCCCC(=O)CCC(=O)C=[N+]=[N-]. The van der Waals surface area contributed by atoms with Gasteiger partial charge in [-0.2, -0.15) is 4.79 Å². The third-order valence-electron chi connectivity index (χ3n) is 1.80. The van der Waals surface area contributed by atoms with Crippen LogP contribution in [0, 0.1) is 0 Å². The smallest absolute Gasteiger partial charge is 0.323 e. The van der Waals surface area contributed by atoms with Gasteiger partial charge in [-0.25, -0.2) is 0 Å². The Morgan fingerprint density at radius 3 is 2.67 bits per heavy atom. The summed E-state index contributed by atoms with van der Waals surface area (Å²) in [6, 6.07) is 0. The van der Waals surface area contributed by atoms with Crippen LogP contribution in [-0.2, 0) is 9.59 Å². The molecule has 0 bridgehead atoms. The van der Waals surface area contributed by atoms with Gasteiger partial charge >= 0.3 is 6.21 Å². The van der Waals surface area contributed by atoms with Crippen LogP contribution in [0.1, 0.15) is 32.1 Å². The molecule has 0 aliphatic heterocycles. The molecule has 0 heterocycles. The van der Waals surface area contributed by atoms with E-state index in [1.54, 1.807) is 6.08 Å². The van der Waals surface area contributed by atoms with Crippen molar-refractivity contribution in [3.63, 3.8) is 0 Å². The maximum Gasteiger partial charge on any atom is 0.323 e. The molecule has 0 fully saturated rings. The first-order chi connectivity index (χ1) is 7.20. The summed E-state index contributed by atoms with van der Waals surface area (Å²) >= 11 is 0. The highest BCUT2D eigenvalue weighted by Crippen LogP contribution is 2.02. The molecule has 4 heteroatoms. The number of hydrogen-bond donors (Lipinski definition) is 0. The number of nitrogens with zero attached hydrogens (tertiary/aromatic N) is 2. The summed E-state index contributed by atoms with van der Waals surface area (Å²) in [4.78, 5) is 24.6. The van der Waals surface area contributed by atoms with E-state index >= 15 is 0 Å². The Kier molecular flexibility index (Phi) is 7.79. The molecule has 0 aromatic heterocycles. The van der Waals surface area contributed by atoms with Crippen LogP contribution in [0.2, 0.25) is 0 Å². The number of allylic oxidation sites excluding steroid dienone is 1. The summed E-state index contributed by atoms with van der Waals surface area (Å²) in [5, 5.41) is 0. The lowest BCUT2D eigenvalue weighted by molar-refractivity contribution is -0.122. The molecule has 0 aromatic rings. The monoisotopic (exact) mass is 206 g/mol. The highest BCUT2D eigenvalue weighted by atomic mass is 16.1. The molecule has 15 heavy (non-hydrogen) atoms. The molecular formula is C11H14N2O2. The van der Waals surface area contributed by atoms with Gasteiger partial charge in [0.2, 0.25) is 5.78 Å². The Labute approximate surface area is 88.9 Å². The summed E-state index contributed by atoms with van der Waals surface area (Å²) in [7, 11) is 0. The van der Waals surface area contributed by atoms with Crippen LogP contribution < -0.4 is 0 Å². The molecule has 0 aromatic carbocycles. The fourth-order valence-electron chi connectivity index (χ4n) is 1.02. The molecule has 0 amide bonds. The number of carbonyl (C=O) groups excluding carboxylic acids is 2. The van der Waals surface area contributed by atoms with Crippen molar-refractivity contribution in [1.82, 2.24) is 0 Å². The fraction of sp³-hybridized carbons (Fsp3) is 0.455. The van der Waals surface area contributed by atoms with Gasteiger partial charge in [0, 0.05) is 19.3 Å². The number of unbranched alkanes of at least 4 members (excludes halogenated alkanes) is 1. The average molecular weight is 206 g/mol. The first-order valence-corrected chi connectivity index (χ1v) is 4.77. The molecule has 0 atom stereocenters. The van der Waals surface area contributed by atoms with E-state index in [1.807, 2.05) is 0 Å². The largest absolute Gasteiger partial charge is 0.361 e. The maximum absolute atomic E-state index is 11.2. The zero-order valence-electron chi connectivity index (χ0n) is 8.61. The van der Waals surface area contributed by atoms with Gasteiger partial charge in [0.25, 0.3) is 0 Å². The lowest BCUT2D eigenvalue weighted by atomic mass is 10.1. The summed E-state index contributed by atoms with van der Waals surface area (Å²) in [5.74, 6) is -0.288. The first kappa shape index (κ1) is 13.2. The van der Waals surface area contributed by atoms with E-state index in [9.17, 15) is 9.59 Å². The molecule has 80 valence electrons. The number of carbonyl (C=O) groups is 2. The molecular weight excluding hydrogens is 192 g/mol. The molecule has 0 aliphatic carbocycles. The van der Waals surface area contributed by atoms with Crippen LogP contribution in [0.15, 0.2) is 18.4 Å². The lowest BCUT2D eigenvalue weighted by Gasteiger charge is -1.95. The van der Waals surface area contributed by atoms with Gasteiger partial charge in [-0.1, -0.05) is 6.58 Å². The van der Waals surface area contributed by atoms with Gasteiger partial charge in [-0.15, -0.1) is 5.73 Å². The van der Waals surface area contributed by atoms with Crippen LogP contribution >= 0.6 is 0 Å². The zero-order chi connectivity index (χ0) is 11.5. The van der Waals surface area contributed by atoms with Gasteiger partial charge in [0.1, 0.15) is 5.78 Å². The van der Waals surface area contributed by atoms with Crippen LogP contribution in [0.4, 0.5) is 0 Å². The quantitative estimate of drug-likeness (QED) is 0.199. The molecule has 0 saturated carbocycles. The van der Waals surface area contributed by atoms with Crippen molar-refractivity contribution in [2.24, 2.45) is 0 Å². The highest BCUT2D eigenvalue weighted by molar-refractivity contribution is 6.25. The van der Waals surface area contributed by atoms with Crippen molar-refractivity contribution in [1.29, 1.82) is 0 Å². The van der Waals surface area contributed by atoms with Crippen molar-refractivity contribution in [3.8, 4) is 0 Å². The van der Waals surface area contributed by atoms with E-state index < -0.39 is 0 Å². The normalized spacial score (nSPS) is 8.53. The second-order valence-corrected chi connectivity index (χ2v) is 3.05. The summed E-state index contributed by atoms with van der Waals surface area (Å²) in [5.41, 5.74) is 10.7. The van der Waals surface area contributed by atoms with E-state index in [0.29, 0.717) is 6.42 Å². The Balaban J connectivity index is 3.61. The second-order valence-electron chi connectivity index (χ2n) is 3.05. The lowest BCUT2D eigenvalue weighted by Crippen LogP contribution is -2.05. The number of ketones is 2. The third-order valence-corrected chi connectivity index (χ3v) is 1.80. The average Bonchev–Trinajstić information content (AvgIpc) is 2.22. The van der Waals surface area contributed by atoms with E-state index in [2.05, 4.69) is 17.1 Å². The first-order valence-electron chi connectivity index (χ1n) is 4.77. The van der Waals surface area contributed by atoms with Crippen molar-refractivity contribution in [3.05, 3.63) is 23.9 Å². The van der Waals surface area contributed by atoms with Crippen molar-refractivity contribution in [2.75, 3.05) is 0 Å². The molecule has 0 unspecified atom stereocenters. The minimum atomic E-state index is -0.336. The van der Waals surface area contributed by atoms with E-state index in [1.165, 1.54) is 0 Å². The van der Waals surface area contributed by atoms with E-state index in [4.69, 9.17) is 5.53 Å². The second kappa shape index (κ2) is 8.82. The van der Waals surface area contributed by atoms with Gasteiger partial charge in [-0.05, 0) is 18.9 Å². The maximum atomic E-state index is 11.2. The number of hydrogen-bond acceptors (Lipinski definition) is 2.